The number of nitrogens with zero attached hydrogens (tertiary/aromatic N) is 2. The lowest BCUT2D eigenvalue weighted by molar-refractivity contribution is 0.312. The third kappa shape index (κ3) is 4.69. The first-order chi connectivity index (χ1) is 16.4. The summed E-state index contributed by atoms with van der Waals surface area (Å²) < 4.78 is 42.0. The fourth-order valence-corrected chi connectivity index (χ4v) is 4.62. The summed E-state index contributed by atoms with van der Waals surface area (Å²) in [6.45, 7) is -0.0514. The van der Waals surface area contributed by atoms with Gasteiger partial charge >= 0.3 is 0 Å². The molecule has 3 aromatic carbocycles. The smallest absolute Gasteiger partial charge is 0.264 e. The van der Waals surface area contributed by atoms with Crippen LogP contribution in [0.25, 0.3) is 11.3 Å². The fourth-order valence-electron chi connectivity index (χ4n) is 4.27. The summed E-state index contributed by atoms with van der Waals surface area (Å²) in [4.78, 5) is 9.25. The van der Waals surface area contributed by atoms with E-state index in [0.717, 1.165) is 28.6 Å². The van der Waals surface area contributed by atoms with E-state index in [0.29, 0.717) is 29.2 Å². The molecule has 34 heavy (non-hydrogen) atoms. The molecule has 4 aromatic rings. The van der Waals surface area contributed by atoms with Gasteiger partial charge in [0.25, 0.3) is 10.1 Å². The number of benzene rings is 3. The zero-order valence-electron chi connectivity index (χ0n) is 18.4. The van der Waals surface area contributed by atoms with Crippen LogP contribution in [0.5, 0.6) is 0 Å². The molecule has 1 aromatic heterocycles. The average Bonchev–Trinajstić information content (AvgIpc) is 2.83. The second-order valence-electron chi connectivity index (χ2n) is 8.22. The van der Waals surface area contributed by atoms with Crippen molar-refractivity contribution in [1.29, 1.82) is 0 Å². The topological polar surface area (TPSA) is 81.2 Å². The Morgan fingerprint density at radius 1 is 1.03 bits per heavy atom. The maximum absolute atomic E-state index is 14.6. The predicted molar refractivity (Wildman–Crippen MR) is 129 cm³/mol. The lowest BCUT2D eigenvalue weighted by Crippen LogP contribution is -2.16. The van der Waals surface area contributed by atoms with Crippen molar-refractivity contribution in [1.82, 2.24) is 9.97 Å². The third-order valence-electron chi connectivity index (χ3n) is 5.78. The molecule has 1 heterocycles. The minimum atomic E-state index is -3.53. The first-order valence-electron chi connectivity index (χ1n) is 10.8. The van der Waals surface area contributed by atoms with Gasteiger partial charge in [0.1, 0.15) is 5.82 Å². The molecule has 0 spiro atoms. The zero-order chi connectivity index (χ0) is 23.7. The molecule has 0 unspecified atom stereocenters. The van der Waals surface area contributed by atoms with E-state index in [9.17, 15) is 12.8 Å². The van der Waals surface area contributed by atoms with Gasteiger partial charge in [-0.25, -0.2) is 14.4 Å². The average molecular weight is 476 g/mol. The van der Waals surface area contributed by atoms with Crippen molar-refractivity contribution >= 4 is 21.8 Å². The Kier molecular flexibility index (Phi) is 5.85. The van der Waals surface area contributed by atoms with Crippen molar-refractivity contribution in [2.75, 3.05) is 11.6 Å². The minimum absolute atomic E-state index is 0.0514. The molecule has 172 valence electrons. The Labute approximate surface area is 197 Å². The van der Waals surface area contributed by atoms with Crippen molar-refractivity contribution in [2.45, 2.75) is 18.9 Å². The molecule has 0 saturated carbocycles. The highest BCUT2D eigenvalue weighted by Gasteiger charge is 2.28. The molecule has 0 radical (unpaired) electrons. The number of halogens is 1. The van der Waals surface area contributed by atoms with Crippen LogP contribution in [0, 0.1) is 5.82 Å². The van der Waals surface area contributed by atoms with E-state index in [1.165, 1.54) is 6.07 Å². The number of anilines is 2. The van der Waals surface area contributed by atoms with Crippen LogP contribution in [0.15, 0.2) is 79.0 Å². The van der Waals surface area contributed by atoms with Gasteiger partial charge in [0.15, 0.2) is 0 Å². The molecule has 1 aliphatic carbocycles. The summed E-state index contributed by atoms with van der Waals surface area (Å²) in [5.41, 5.74) is 5.83. The normalized spacial score (nSPS) is 14.8. The van der Waals surface area contributed by atoms with Crippen molar-refractivity contribution in [2.24, 2.45) is 0 Å². The molecule has 1 aliphatic rings. The van der Waals surface area contributed by atoms with Gasteiger partial charge in [-0.05, 0) is 46.9 Å². The summed E-state index contributed by atoms with van der Waals surface area (Å²) in [7, 11) is -3.53. The molecule has 0 saturated heterocycles. The molecule has 6 nitrogen and oxygen atoms in total. The highest BCUT2D eigenvalue weighted by Crippen LogP contribution is 2.42. The molecular weight excluding hydrogens is 453 g/mol. The molecule has 0 amide bonds. The van der Waals surface area contributed by atoms with Crippen LogP contribution in [0.1, 0.15) is 28.2 Å². The van der Waals surface area contributed by atoms with Crippen LogP contribution in [-0.4, -0.2) is 24.6 Å². The van der Waals surface area contributed by atoms with Crippen LogP contribution in [0.2, 0.25) is 0 Å². The maximum Gasteiger partial charge on any atom is 0.264 e. The summed E-state index contributed by atoms with van der Waals surface area (Å²) >= 11 is 0. The minimum Gasteiger partial charge on any atom is -0.324 e. The second-order valence-corrected chi connectivity index (χ2v) is 9.87. The van der Waals surface area contributed by atoms with Gasteiger partial charge in [-0.3, -0.25) is 4.18 Å². The molecule has 0 aliphatic heterocycles. The zero-order valence-corrected chi connectivity index (χ0v) is 19.2. The fraction of sp³-hybridized carbons (Fsp3) is 0.154. The first-order valence-corrected chi connectivity index (χ1v) is 12.6. The summed E-state index contributed by atoms with van der Waals surface area (Å²) in [6.07, 6.45) is 3.40. The SMILES string of the molecule is CS(=O)(=O)OCc1cccc(Nc2ncc3c(n2)-c2ccccc2[C@H](c2ccccc2F)C3)c1. The van der Waals surface area contributed by atoms with E-state index in [-0.39, 0.29) is 18.3 Å². The number of fused-ring (bicyclic) bond motifs is 3. The van der Waals surface area contributed by atoms with Gasteiger partial charge in [-0.15, -0.1) is 0 Å². The van der Waals surface area contributed by atoms with Crippen LogP contribution in [-0.2, 0) is 27.3 Å². The molecule has 1 N–H and O–H groups in total. The van der Waals surface area contributed by atoms with Gasteiger partial charge in [0, 0.05) is 23.4 Å². The van der Waals surface area contributed by atoms with Gasteiger partial charge in [-0.2, -0.15) is 8.42 Å². The maximum atomic E-state index is 14.6. The molecule has 1 atom stereocenters. The Morgan fingerprint density at radius 2 is 1.79 bits per heavy atom. The Morgan fingerprint density at radius 3 is 2.59 bits per heavy atom. The molecule has 5 rings (SSSR count). The lowest BCUT2D eigenvalue weighted by atomic mass is 9.78. The van der Waals surface area contributed by atoms with Gasteiger partial charge in [-0.1, -0.05) is 54.6 Å². The molecular formula is C26H22FN3O3S. The second kappa shape index (κ2) is 8.96. The van der Waals surface area contributed by atoms with E-state index in [1.807, 2.05) is 42.5 Å². The number of nitrogens with one attached hydrogen (secondary N) is 1. The molecule has 0 fully saturated rings. The largest absolute Gasteiger partial charge is 0.324 e. The van der Waals surface area contributed by atoms with Crippen molar-refractivity contribution in [3.63, 3.8) is 0 Å². The predicted octanol–water partition coefficient (Wildman–Crippen LogP) is 5.19. The highest BCUT2D eigenvalue weighted by atomic mass is 32.2. The van der Waals surface area contributed by atoms with E-state index >= 15 is 0 Å². The number of aromatic nitrogens is 2. The highest BCUT2D eigenvalue weighted by molar-refractivity contribution is 7.85. The quantitative estimate of drug-likeness (QED) is 0.387. The number of hydrogen-bond donors (Lipinski definition) is 1. The number of rotatable bonds is 6. The first kappa shape index (κ1) is 22.2. The van der Waals surface area contributed by atoms with E-state index in [2.05, 4.69) is 10.3 Å². The van der Waals surface area contributed by atoms with Crippen LogP contribution in [0.3, 0.4) is 0 Å². The van der Waals surface area contributed by atoms with Crippen LogP contribution >= 0.6 is 0 Å². The number of hydrogen-bond acceptors (Lipinski definition) is 6. The van der Waals surface area contributed by atoms with Crippen molar-refractivity contribution in [3.05, 3.63) is 107 Å². The Hall–Kier alpha value is -3.62. The Bertz CT molecular complexity index is 1470. The third-order valence-corrected chi connectivity index (χ3v) is 6.33. The summed E-state index contributed by atoms with van der Waals surface area (Å²) in [5.74, 6) is 0.0857. The van der Waals surface area contributed by atoms with Crippen molar-refractivity contribution in [3.8, 4) is 11.3 Å². The summed E-state index contributed by atoms with van der Waals surface area (Å²) in [5, 5.41) is 3.19. The summed E-state index contributed by atoms with van der Waals surface area (Å²) in [6, 6.07) is 22.0. The van der Waals surface area contributed by atoms with Gasteiger partial charge in [0.2, 0.25) is 5.95 Å². The van der Waals surface area contributed by atoms with Gasteiger partial charge in [0.05, 0.1) is 18.6 Å². The van der Waals surface area contributed by atoms with E-state index in [4.69, 9.17) is 9.17 Å². The standard InChI is InChI=1S/C26H22FN3O3S/c1-34(31,32)33-16-17-7-6-8-19(13-17)29-26-28-15-18-14-23(21-10-4-5-12-24(21)27)20-9-2-3-11-22(20)25(18)30-26/h2-13,15,23H,14,16H2,1H3,(H,28,29,30)/t23-/m1/s1. The molecule has 0 bridgehead atoms. The van der Waals surface area contributed by atoms with E-state index < -0.39 is 10.1 Å². The van der Waals surface area contributed by atoms with E-state index in [1.54, 1.807) is 30.5 Å². The molecule has 8 heteroatoms. The van der Waals surface area contributed by atoms with Crippen LogP contribution < -0.4 is 5.32 Å². The van der Waals surface area contributed by atoms with Crippen molar-refractivity contribution < 1.29 is 17.0 Å². The van der Waals surface area contributed by atoms with Crippen LogP contribution in [0.4, 0.5) is 16.0 Å². The lowest BCUT2D eigenvalue weighted by Gasteiger charge is -2.27. The Balaban J connectivity index is 1.45. The van der Waals surface area contributed by atoms with Gasteiger partial charge < -0.3 is 5.32 Å². The monoisotopic (exact) mass is 475 g/mol.